The summed E-state index contributed by atoms with van der Waals surface area (Å²) in [6.45, 7) is 24.0. The zero-order chi connectivity index (χ0) is 63.6. The van der Waals surface area contributed by atoms with Gasteiger partial charge in [-0.3, -0.25) is 24.2 Å². The second kappa shape index (κ2) is 30.1. The predicted molar refractivity (Wildman–Crippen MR) is 340 cm³/mol. The Morgan fingerprint density at radius 2 is 0.920 bits per heavy atom. The first-order chi connectivity index (χ1) is 42.1. The summed E-state index contributed by atoms with van der Waals surface area (Å²) in [7, 11) is 1.39. The van der Waals surface area contributed by atoms with Crippen molar-refractivity contribution in [1.29, 1.82) is 0 Å². The monoisotopic (exact) mass is 1210 g/mol. The van der Waals surface area contributed by atoms with Gasteiger partial charge in [0.25, 0.3) is 0 Å². The summed E-state index contributed by atoms with van der Waals surface area (Å²) in [5.74, 6) is 2.18. The molecule has 0 aliphatic rings. The minimum Gasteiger partial charge on any atom is -0.467 e. The van der Waals surface area contributed by atoms with E-state index < -0.39 is 11.5 Å². The number of carbonyl (C=O) groups excluding carboxylic acids is 3. The molecule has 0 fully saturated rings. The van der Waals surface area contributed by atoms with Gasteiger partial charge >= 0.3 is 11.7 Å². The summed E-state index contributed by atoms with van der Waals surface area (Å²) in [6.07, 6.45) is 11.8. The van der Waals surface area contributed by atoms with Crippen LogP contribution in [-0.2, 0) is 33.6 Å². The second-order valence-corrected chi connectivity index (χ2v) is 20.2. The number of hydrogen-bond donors (Lipinski definition) is 8. The van der Waals surface area contributed by atoms with Gasteiger partial charge in [-0.2, -0.15) is 19.9 Å². The van der Waals surface area contributed by atoms with Crippen LogP contribution in [0.4, 0.5) is 74.2 Å². The third kappa shape index (κ3) is 18.2. The summed E-state index contributed by atoms with van der Waals surface area (Å²) in [5, 5.41) is 18.7. The SMILES string of the molecule is C=CC(=O)Cc1cc(C)ccc1Nc1nc(Nc2[nH]c(=O)ccc2C)ncc1C.C=CC(=O)Cc1cc(C)ccc1Nc1nc(Nc2[nH]c(=O)ncc2Cl)ncc1C.C=CC(=O)Cc1cc(C)ccc1Nc1nc(Nc2nc(OC)ncc2F)ncc1C. The van der Waals surface area contributed by atoms with Gasteiger partial charge in [-0.25, -0.2) is 34.1 Å². The molecule has 9 aromatic rings. The number of H-pyrrole nitrogens is 2. The van der Waals surface area contributed by atoms with Gasteiger partial charge in [0, 0.05) is 77.7 Å². The Morgan fingerprint density at radius 3 is 1.34 bits per heavy atom. The molecule has 450 valence electrons. The van der Waals surface area contributed by atoms with Crippen molar-refractivity contribution in [1.82, 2.24) is 54.8 Å². The normalized spacial score (nSPS) is 10.4. The number of aromatic nitrogens is 11. The number of pyridine rings is 1. The summed E-state index contributed by atoms with van der Waals surface area (Å²) >= 11 is 6.04. The Labute approximate surface area is 510 Å². The van der Waals surface area contributed by atoms with Crippen LogP contribution in [0.25, 0.3) is 0 Å². The maximum atomic E-state index is 14.0. The number of methoxy groups -OCH3 is 1. The molecule has 23 nitrogen and oxygen atoms in total. The molecular weight excluding hydrogens is 1150 g/mol. The van der Waals surface area contributed by atoms with E-state index in [0.29, 0.717) is 29.2 Å². The van der Waals surface area contributed by atoms with Crippen LogP contribution in [0.3, 0.4) is 0 Å². The summed E-state index contributed by atoms with van der Waals surface area (Å²) in [6, 6.07) is 20.6. The van der Waals surface area contributed by atoms with Crippen LogP contribution in [-0.4, -0.2) is 79.3 Å². The van der Waals surface area contributed by atoms with Gasteiger partial charge in [0.15, 0.2) is 29.0 Å². The fraction of sp³-hybridized carbons (Fsp3) is 0.175. The van der Waals surface area contributed by atoms with Gasteiger partial charge in [0.2, 0.25) is 23.4 Å². The highest BCUT2D eigenvalue weighted by atomic mass is 35.5. The third-order valence-corrected chi connectivity index (χ3v) is 13.0. The number of nitrogens with zero attached hydrogens (tertiary/aromatic N) is 9. The van der Waals surface area contributed by atoms with Crippen molar-refractivity contribution in [2.45, 2.75) is 67.7 Å². The van der Waals surface area contributed by atoms with Gasteiger partial charge in [0.05, 0.1) is 24.5 Å². The van der Waals surface area contributed by atoms with Crippen LogP contribution < -0.4 is 47.9 Å². The van der Waals surface area contributed by atoms with Crippen LogP contribution in [0.2, 0.25) is 5.02 Å². The van der Waals surface area contributed by atoms with Crippen molar-refractivity contribution in [2.75, 3.05) is 39.0 Å². The molecule has 25 heteroatoms. The lowest BCUT2D eigenvalue weighted by Gasteiger charge is -2.15. The Bertz CT molecular complexity index is 4050. The lowest BCUT2D eigenvalue weighted by molar-refractivity contribution is -0.114. The van der Waals surface area contributed by atoms with Crippen LogP contribution in [0.1, 0.15) is 55.6 Å². The van der Waals surface area contributed by atoms with E-state index in [2.05, 4.69) is 106 Å². The van der Waals surface area contributed by atoms with Crippen LogP contribution >= 0.6 is 11.6 Å². The number of aryl methyl sites for hydroxylation is 7. The molecule has 6 aromatic heterocycles. The zero-order valence-corrected chi connectivity index (χ0v) is 50.2. The van der Waals surface area contributed by atoms with Crippen molar-refractivity contribution < 1.29 is 23.5 Å². The number of carbonyl (C=O) groups is 3. The van der Waals surface area contributed by atoms with Crippen molar-refractivity contribution in [3.05, 3.63) is 223 Å². The highest BCUT2D eigenvalue weighted by Crippen LogP contribution is 2.30. The van der Waals surface area contributed by atoms with Gasteiger partial charge in [-0.1, -0.05) is 90.5 Å². The summed E-state index contributed by atoms with van der Waals surface area (Å²) < 4.78 is 18.9. The molecule has 0 aliphatic carbocycles. The Morgan fingerprint density at radius 1 is 0.500 bits per heavy atom. The number of allylic oxidation sites excluding steroid dienone is 3. The molecule has 0 unspecified atom stereocenters. The molecule has 0 saturated carbocycles. The van der Waals surface area contributed by atoms with Crippen LogP contribution in [0.5, 0.6) is 6.01 Å². The van der Waals surface area contributed by atoms with E-state index in [4.69, 9.17) is 16.3 Å². The summed E-state index contributed by atoms with van der Waals surface area (Å²) in [5.41, 5.74) is 10.5. The fourth-order valence-corrected chi connectivity index (χ4v) is 8.18. The quantitative estimate of drug-likeness (QED) is 0.0292. The van der Waals surface area contributed by atoms with Crippen LogP contribution in [0, 0.1) is 54.3 Å². The first-order valence-corrected chi connectivity index (χ1v) is 27.4. The Balaban J connectivity index is 0.000000188. The highest BCUT2D eigenvalue weighted by molar-refractivity contribution is 6.32. The Hall–Kier alpha value is -11.1. The maximum absolute atomic E-state index is 14.0. The van der Waals surface area contributed by atoms with Gasteiger partial charge in [0.1, 0.15) is 29.1 Å². The van der Waals surface area contributed by atoms with E-state index in [-0.39, 0.29) is 76.7 Å². The molecule has 0 atom stereocenters. The average Bonchev–Trinajstić information content (AvgIpc) is 3.71. The van der Waals surface area contributed by atoms with E-state index in [1.54, 1.807) is 24.7 Å². The first kappa shape index (κ1) is 64.4. The van der Waals surface area contributed by atoms with E-state index >= 15 is 0 Å². The fourth-order valence-electron chi connectivity index (χ4n) is 8.03. The Kier molecular flexibility index (Phi) is 22.0. The molecule has 8 N–H and O–H groups in total. The molecule has 0 radical (unpaired) electrons. The number of aromatic amines is 2. The molecule has 0 amide bonds. The molecule has 6 heterocycles. The second-order valence-electron chi connectivity index (χ2n) is 19.8. The number of benzene rings is 3. The number of ketones is 3. The van der Waals surface area contributed by atoms with Gasteiger partial charge in [-0.05, 0) is 107 Å². The average molecular weight is 1210 g/mol. The van der Waals surface area contributed by atoms with Crippen molar-refractivity contribution in [3.8, 4) is 6.01 Å². The lowest BCUT2D eigenvalue weighted by Crippen LogP contribution is -2.13. The lowest BCUT2D eigenvalue weighted by atomic mass is 10.0. The highest BCUT2D eigenvalue weighted by Gasteiger charge is 2.16. The van der Waals surface area contributed by atoms with Crippen molar-refractivity contribution in [2.24, 2.45) is 0 Å². The number of ether oxygens (including phenoxy) is 1. The van der Waals surface area contributed by atoms with Gasteiger partial charge < -0.3 is 41.6 Å². The molecular formula is C63H63ClFN17O6. The number of hydrogen-bond acceptors (Lipinski definition) is 21. The van der Waals surface area contributed by atoms with Crippen LogP contribution in [0.15, 0.2) is 145 Å². The topological polar surface area (TPSA) is 314 Å². The number of rotatable bonds is 22. The van der Waals surface area contributed by atoms with E-state index in [1.165, 1.54) is 37.6 Å². The summed E-state index contributed by atoms with van der Waals surface area (Å²) in [4.78, 5) is 101. The van der Waals surface area contributed by atoms with E-state index in [0.717, 1.165) is 78.9 Å². The minimum absolute atomic E-state index is 0.0144. The molecule has 88 heavy (non-hydrogen) atoms. The zero-order valence-electron chi connectivity index (χ0n) is 49.4. The number of halogens is 2. The predicted octanol–water partition coefficient (Wildman–Crippen LogP) is 11.3. The molecule has 9 rings (SSSR count). The molecule has 0 spiro atoms. The van der Waals surface area contributed by atoms with Crippen molar-refractivity contribution in [3.63, 3.8) is 0 Å². The molecule has 0 saturated heterocycles. The molecule has 0 bridgehead atoms. The number of nitrogens with one attached hydrogen (secondary N) is 8. The van der Waals surface area contributed by atoms with Crippen molar-refractivity contribution >= 4 is 98.8 Å². The third-order valence-electron chi connectivity index (χ3n) is 12.7. The molecule has 0 aliphatic heterocycles. The first-order valence-electron chi connectivity index (χ1n) is 27.0. The van der Waals surface area contributed by atoms with Gasteiger partial charge in [-0.15, -0.1) is 0 Å². The maximum Gasteiger partial charge on any atom is 0.346 e. The smallest absolute Gasteiger partial charge is 0.346 e. The largest absolute Gasteiger partial charge is 0.467 e. The van der Waals surface area contributed by atoms with E-state index in [1.807, 2.05) is 103 Å². The standard InChI is InChI=1S/C22H23N5O2.C21H21FN6O2.C20H19ClN6O2/c1-5-17(28)11-16-10-13(2)6-8-18(16)24-21-15(4)12-23-22(27-21)26-20-14(3)7-9-19(29)25-20;1-5-15(29)9-14-8-12(2)6-7-17(14)25-18-13(3)10-23-20(26-18)27-19-16(22)11-24-21(28-19)30-4;1-4-14(28)8-13-7-11(2)5-6-16(13)24-17-12(3)9-22-19(25-17)26-18-15(21)10-23-20(29)27-18/h5-10,12H,1,11H2,2-4H3,(H3,23,24,25,26,27,29);5-8,10-11H,1,9H2,2-4H3,(H2,23,24,25,26,27,28);4-7,9-10H,1,8H2,2-3H3,(H3,22,23,24,25,26,27,29). The van der Waals surface area contributed by atoms with E-state index in [9.17, 15) is 28.4 Å². The number of anilines is 12. The minimum atomic E-state index is -0.668. The molecule has 3 aromatic carbocycles.